The van der Waals surface area contributed by atoms with Gasteiger partial charge in [0.05, 0.1) is 12.6 Å². The van der Waals surface area contributed by atoms with Gasteiger partial charge in [-0.05, 0) is 13.0 Å². The number of amides is 2. The fourth-order valence-electron chi connectivity index (χ4n) is 2.48. The third-order valence-corrected chi connectivity index (χ3v) is 3.42. The fraction of sp³-hybridized carbons (Fsp3) is 0.294. The number of esters is 1. The summed E-state index contributed by atoms with van der Waals surface area (Å²) in [5, 5.41) is 5.28. The van der Waals surface area contributed by atoms with Gasteiger partial charge in [-0.3, -0.25) is 4.79 Å². The summed E-state index contributed by atoms with van der Waals surface area (Å²) in [7, 11) is 0. The largest absolute Gasteiger partial charge is 0.494 e. The van der Waals surface area contributed by atoms with Crippen LogP contribution in [0.4, 0.5) is 4.79 Å². The molecule has 6 heteroatoms. The molecule has 1 aliphatic heterocycles. The van der Waals surface area contributed by atoms with Crippen molar-refractivity contribution in [1.82, 2.24) is 10.6 Å². The molecule has 0 saturated carbocycles. The van der Waals surface area contributed by atoms with Gasteiger partial charge in [0.15, 0.2) is 0 Å². The van der Waals surface area contributed by atoms with E-state index < -0.39 is 24.0 Å². The molecule has 1 aromatic carbocycles. The monoisotopic (exact) mass is 316 g/mol. The molecule has 2 rings (SSSR count). The van der Waals surface area contributed by atoms with Crippen molar-refractivity contribution in [3.8, 4) is 5.75 Å². The third kappa shape index (κ3) is 3.71. The summed E-state index contributed by atoms with van der Waals surface area (Å²) in [5.74, 6) is -0.635. The van der Waals surface area contributed by atoms with E-state index in [0.29, 0.717) is 23.6 Å². The molecule has 23 heavy (non-hydrogen) atoms. The number of hydrogen-bond donors (Lipinski definition) is 2. The van der Waals surface area contributed by atoms with Gasteiger partial charge in [-0.1, -0.05) is 37.4 Å². The van der Waals surface area contributed by atoms with Crippen molar-refractivity contribution >= 4 is 12.0 Å². The van der Waals surface area contributed by atoms with Crippen LogP contribution in [0.1, 0.15) is 18.5 Å². The Morgan fingerprint density at radius 1 is 1.39 bits per heavy atom. The minimum absolute atomic E-state index is 0.0936. The lowest BCUT2D eigenvalue weighted by atomic mass is 9.88. The van der Waals surface area contributed by atoms with Crippen LogP contribution in [-0.2, 0) is 9.53 Å². The van der Waals surface area contributed by atoms with Gasteiger partial charge in [0.25, 0.3) is 0 Å². The van der Waals surface area contributed by atoms with Gasteiger partial charge in [-0.2, -0.15) is 0 Å². The predicted octanol–water partition coefficient (Wildman–Crippen LogP) is 2.30. The van der Waals surface area contributed by atoms with E-state index in [9.17, 15) is 9.59 Å². The van der Waals surface area contributed by atoms with Gasteiger partial charge >= 0.3 is 12.0 Å². The fourth-order valence-corrected chi connectivity index (χ4v) is 2.48. The van der Waals surface area contributed by atoms with Crippen LogP contribution in [0, 0.1) is 5.92 Å². The number of carbonyl (C=O) groups is 2. The summed E-state index contributed by atoms with van der Waals surface area (Å²) in [5.41, 5.74) is 0.991. The molecule has 0 spiro atoms. The van der Waals surface area contributed by atoms with E-state index in [1.807, 2.05) is 25.1 Å². The van der Waals surface area contributed by atoms with Gasteiger partial charge in [0, 0.05) is 11.3 Å². The first-order chi connectivity index (χ1) is 11.1. The van der Waals surface area contributed by atoms with E-state index in [0.717, 1.165) is 0 Å². The van der Waals surface area contributed by atoms with Crippen LogP contribution in [0.2, 0.25) is 0 Å². The summed E-state index contributed by atoms with van der Waals surface area (Å²) in [4.78, 5) is 24.2. The van der Waals surface area contributed by atoms with Crippen molar-refractivity contribution in [2.75, 3.05) is 13.2 Å². The molecule has 0 aliphatic carbocycles. The molecule has 6 nitrogen and oxygen atoms in total. The number of hydrogen-bond acceptors (Lipinski definition) is 4. The van der Waals surface area contributed by atoms with Gasteiger partial charge in [0.2, 0.25) is 0 Å². The highest BCUT2D eigenvalue weighted by Crippen LogP contribution is 2.35. The van der Waals surface area contributed by atoms with Gasteiger partial charge < -0.3 is 20.1 Å². The molecule has 1 aromatic rings. The van der Waals surface area contributed by atoms with Crippen molar-refractivity contribution in [1.29, 1.82) is 0 Å². The topological polar surface area (TPSA) is 76.7 Å². The van der Waals surface area contributed by atoms with E-state index in [4.69, 9.17) is 9.47 Å². The van der Waals surface area contributed by atoms with E-state index in [1.165, 1.54) is 6.08 Å². The molecule has 0 aromatic heterocycles. The number of nitrogens with one attached hydrogen (secondary N) is 2. The lowest BCUT2D eigenvalue weighted by molar-refractivity contribution is -0.147. The van der Waals surface area contributed by atoms with Crippen LogP contribution in [-0.4, -0.2) is 25.2 Å². The Balaban J connectivity index is 2.38. The Morgan fingerprint density at radius 2 is 2.13 bits per heavy atom. The molecule has 122 valence electrons. The first-order valence-electron chi connectivity index (χ1n) is 7.34. The number of carbonyl (C=O) groups excluding carboxylic acids is 2. The van der Waals surface area contributed by atoms with Crippen LogP contribution < -0.4 is 15.4 Å². The van der Waals surface area contributed by atoms with E-state index in [2.05, 4.69) is 23.8 Å². The normalized spacial score (nSPS) is 20.2. The molecule has 1 aliphatic rings. The van der Waals surface area contributed by atoms with Crippen molar-refractivity contribution in [3.63, 3.8) is 0 Å². The van der Waals surface area contributed by atoms with Crippen molar-refractivity contribution in [2.24, 2.45) is 5.92 Å². The molecule has 2 N–H and O–H groups in total. The molecule has 0 bridgehead atoms. The molecular formula is C17H20N2O4. The Morgan fingerprint density at radius 3 is 2.83 bits per heavy atom. The summed E-state index contributed by atoms with van der Waals surface area (Å²) < 4.78 is 10.7. The summed E-state index contributed by atoms with van der Waals surface area (Å²) in [6, 6.07) is 6.22. The van der Waals surface area contributed by atoms with Gasteiger partial charge in [-0.25, -0.2) is 4.79 Å². The maximum Gasteiger partial charge on any atom is 0.319 e. The molecule has 2 atom stereocenters. The third-order valence-electron chi connectivity index (χ3n) is 3.42. The summed E-state index contributed by atoms with van der Waals surface area (Å²) in [6.45, 7) is 9.74. The first-order valence-corrected chi connectivity index (χ1v) is 7.34. The lowest BCUT2D eigenvalue weighted by Crippen LogP contribution is -2.51. The van der Waals surface area contributed by atoms with Crippen LogP contribution in [0.5, 0.6) is 5.75 Å². The maximum atomic E-state index is 12.4. The van der Waals surface area contributed by atoms with Crippen molar-refractivity contribution in [2.45, 2.75) is 13.0 Å². The maximum absolute atomic E-state index is 12.4. The average Bonchev–Trinajstić information content (AvgIpc) is 2.52. The number of para-hydroxylation sites is 1. The number of benzene rings is 1. The van der Waals surface area contributed by atoms with Gasteiger partial charge in [-0.15, -0.1) is 0 Å². The zero-order valence-corrected chi connectivity index (χ0v) is 13.0. The number of rotatable bonds is 6. The lowest BCUT2D eigenvalue weighted by Gasteiger charge is -2.33. The Hall–Kier alpha value is -2.76. The molecule has 0 radical (unpaired) electrons. The van der Waals surface area contributed by atoms with E-state index >= 15 is 0 Å². The quantitative estimate of drug-likeness (QED) is 0.623. The molecule has 1 fully saturated rings. The first kappa shape index (κ1) is 16.6. The second-order valence-corrected chi connectivity index (χ2v) is 4.97. The van der Waals surface area contributed by atoms with Crippen LogP contribution in [0.25, 0.3) is 0 Å². The highest BCUT2D eigenvalue weighted by atomic mass is 16.5. The molecule has 1 saturated heterocycles. The second kappa shape index (κ2) is 7.49. The molecule has 1 heterocycles. The molecule has 0 unspecified atom stereocenters. The summed E-state index contributed by atoms with van der Waals surface area (Å²) in [6.07, 6.45) is 1.48. The van der Waals surface area contributed by atoms with Gasteiger partial charge in [0.1, 0.15) is 18.3 Å². The SMILES string of the molecule is C=CCOC(=O)[C@H]1C(=C)NC(=O)N[C@H]1c1ccccc1OCC. The Kier molecular flexibility index (Phi) is 5.41. The van der Waals surface area contributed by atoms with Crippen molar-refractivity contribution < 1.29 is 19.1 Å². The highest BCUT2D eigenvalue weighted by Gasteiger charge is 2.40. The Bertz CT molecular complexity index is 627. The van der Waals surface area contributed by atoms with E-state index in [1.54, 1.807) is 6.07 Å². The average molecular weight is 316 g/mol. The standard InChI is InChI=1S/C17H20N2O4/c1-4-10-23-16(20)14-11(3)18-17(21)19-15(14)12-8-6-7-9-13(12)22-5-2/h4,6-9,14-15H,1,3,5,10H2,2H3,(H2,18,19,21)/t14-,15-/m0/s1. The number of ether oxygens (including phenoxy) is 2. The van der Waals surface area contributed by atoms with Crippen LogP contribution in [0.15, 0.2) is 49.2 Å². The second-order valence-electron chi connectivity index (χ2n) is 4.97. The predicted molar refractivity (Wildman–Crippen MR) is 85.8 cm³/mol. The Labute approximate surface area is 135 Å². The number of urea groups is 1. The van der Waals surface area contributed by atoms with Crippen molar-refractivity contribution in [3.05, 3.63) is 54.8 Å². The summed E-state index contributed by atoms with van der Waals surface area (Å²) >= 11 is 0. The minimum atomic E-state index is -0.755. The smallest absolute Gasteiger partial charge is 0.319 e. The highest BCUT2D eigenvalue weighted by molar-refractivity contribution is 5.85. The zero-order valence-electron chi connectivity index (χ0n) is 13.0. The van der Waals surface area contributed by atoms with Crippen LogP contribution in [0.3, 0.4) is 0 Å². The van der Waals surface area contributed by atoms with E-state index in [-0.39, 0.29) is 6.61 Å². The zero-order chi connectivity index (χ0) is 16.8. The molecule has 2 amide bonds. The van der Waals surface area contributed by atoms with Crippen LogP contribution >= 0.6 is 0 Å². The minimum Gasteiger partial charge on any atom is -0.494 e. The molecular weight excluding hydrogens is 296 g/mol.